The molecule has 0 radical (unpaired) electrons. The molecule has 0 aliphatic carbocycles. The molecule has 3 amide bonds. The van der Waals surface area contributed by atoms with Crippen LogP contribution in [-0.4, -0.2) is 53.4 Å². The van der Waals surface area contributed by atoms with E-state index in [2.05, 4.69) is 0 Å². The first-order valence-corrected chi connectivity index (χ1v) is 11.5. The number of amides is 3. The molecule has 1 aliphatic rings. The molecule has 186 valence electrons. The van der Waals surface area contributed by atoms with Crippen molar-refractivity contribution in [2.24, 2.45) is 0 Å². The largest absolute Gasteiger partial charge is 0.497 e. The number of benzene rings is 3. The van der Waals surface area contributed by atoms with Crippen LogP contribution >= 0.6 is 11.6 Å². The van der Waals surface area contributed by atoms with Gasteiger partial charge in [0, 0.05) is 18.1 Å². The zero-order valence-corrected chi connectivity index (χ0v) is 20.2. The third-order valence-corrected chi connectivity index (χ3v) is 6.15. The summed E-state index contributed by atoms with van der Waals surface area (Å²) in [6, 6.07) is 19.9. The molecule has 2 N–H and O–H groups in total. The Hall–Kier alpha value is -4.24. The Morgan fingerprint density at radius 3 is 2.17 bits per heavy atom. The number of halogens is 1. The van der Waals surface area contributed by atoms with Gasteiger partial charge in [0.05, 0.1) is 36.3 Å². The quantitative estimate of drug-likeness (QED) is 0.420. The number of methoxy groups -OCH3 is 1. The van der Waals surface area contributed by atoms with Gasteiger partial charge in [-0.25, -0.2) is 14.5 Å². The lowest BCUT2D eigenvalue weighted by Crippen LogP contribution is -2.36. The average molecular weight is 510 g/mol. The Bertz CT molecular complexity index is 1280. The molecule has 0 fully saturated rings. The molecule has 36 heavy (non-hydrogen) atoms. The highest BCUT2D eigenvalue weighted by molar-refractivity contribution is 6.31. The molecule has 0 aromatic heterocycles. The van der Waals surface area contributed by atoms with Crippen LogP contribution in [0.5, 0.6) is 5.75 Å². The van der Waals surface area contributed by atoms with E-state index >= 15 is 0 Å². The Kier molecular flexibility index (Phi) is 7.30. The Balaban J connectivity index is 1.74. The van der Waals surface area contributed by atoms with Gasteiger partial charge >= 0.3 is 12.2 Å². The van der Waals surface area contributed by atoms with Crippen molar-refractivity contribution >= 4 is 46.8 Å². The molecule has 1 heterocycles. The maximum absolute atomic E-state index is 13.8. The lowest BCUT2D eigenvalue weighted by Gasteiger charge is -2.28. The Morgan fingerprint density at radius 1 is 0.917 bits per heavy atom. The monoisotopic (exact) mass is 509 g/mol. The predicted octanol–water partition coefficient (Wildman–Crippen LogP) is 5.70. The van der Waals surface area contributed by atoms with Crippen LogP contribution in [0.1, 0.15) is 22.3 Å². The number of ether oxygens (including phenoxy) is 1. The third kappa shape index (κ3) is 5.06. The number of carbonyl (C=O) groups is 3. The number of rotatable bonds is 7. The summed E-state index contributed by atoms with van der Waals surface area (Å²) in [7, 11) is 1.59. The van der Waals surface area contributed by atoms with Crippen molar-refractivity contribution in [1.82, 2.24) is 4.90 Å². The van der Waals surface area contributed by atoms with Gasteiger partial charge in [0.15, 0.2) is 0 Å². The van der Waals surface area contributed by atoms with Gasteiger partial charge in [-0.05, 0) is 54.4 Å². The van der Waals surface area contributed by atoms with Crippen LogP contribution < -0.4 is 14.5 Å². The first-order valence-electron chi connectivity index (χ1n) is 11.1. The van der Waals surface area contributed by atoms with Crippen LogP contribution in [0.15, 0.2) is 66.7 Å². The molecule has 10 heteroatoms. The van der Waals surface area contributed by atoms with Crippen LogP contribution in [0.4, 0.5) is 26.7 Å². The molecule has 0 bridgehead atoms. The summed E-state index contributed by atoms with van der Waals surface area (Å²) >= 11 is 6.31. The van der Waals surface area contributed by atoms with Gasteiger partial charge in [-0.3, -0.25) is 4.79 Å². The molecular weight excluding hydrogens is 486 g/mol. The number of nitrogens with zero attached hydrogens (tertiary/aromatic N) is 3. The summed E-state index contributed by atoms with van der Waals surface area (Å²) < 4.78 is 5.24. The van der Waals surface area contributed by atoms with Crippen LogP contribution in [0, 0.1) is 0 Å². The maximum atomic E-state index is 13.8. The van der Waals surface area contributed by atoms with Crippen LogP contribution in [0.25, 0.3) is 0 Å². The lowest BCUT2D eigenvalue weighted by atomic mass is 10.1. The fourth-order valence-electron chi connectivity index (χ4n) is 4.19. The van der Waals surface area contributed by atoms with E-state index in [4.69, 9.17) is 16.3 Å². The number of imide groups is 1. The van der Waals surface area contributed by atoms with Crippen LogP contribution in [-0.2, 0) is 6.54 Å². The molecule has 0 atom stereocenters. The number of hydrogen-bond donors (Lipinski definition) is 2. The summed E-state index contributed by atoms with van der Waals surface area (Å²) in [5.41, 5.74) is 3.28. The minimum absolute atomic E-state index is 0.200. The summed E-state index contributed by atoms with van der Waals surface area (Å²) in [4.78, 5) is 40.3. The van der Waals surface area contributed by atoms with Crippen molar-refractivity contribution in [1.29, 1.82) is 0 Å². The first kappa shape index (κ1) is 24.9. The average Bonchev–Trinajstić information content (AvgIpc) is 2.95. The van der Waals surface area contributed by atoms with Gasteiger partial charge in [0.1, 0.15) is 5.75 Å². The molecule has 0 saturated heterocycles. The normalized spacial score (nSPS) is 12.4. The van der Waals surface area contributed by atoms with E-state index in [9.17, 15) is 24.6 Å². The molecule has 9 nitrogen and oxygen atoms in total. The molecule has 4 rings (SSSR count). The molecule has 0 spiro atoms. The van der Waals surface area contributed by atoms with Crippen molar-refractivity contribution in [3.63, 3.8) is 0 Å². The number of para-hydroxylation sites is 2. The van der Waals surface area contributed by atoms with Gasteiger partial charge in [0.25, 0.3) is 5.91 Å². The SMILES string of the molecule is COc1ccc(CN2C(=O)c3ccc(Cl)cc3N(CCCN(C(=O)O)C(=O)O)c3ccccc32)cc1. The van der Waals surface area contributed by atoms with Crippen LogP contribution in [0.2, 0.25) is 5.02 Å². The van der Waals surface area contributed by atoms with Crippen molar-refractivity contribution in [2.75, 3.05) is 30.0 Å². The lowest BCUT2D eigenvalue weighted by molar-refractivity contribution is 0.0986. The van der Waals surface area contributed by atoms with E-state index in [0.29, 0.717) is 39.2 Å². The fourth-order valence-corrected chi connectivity index (χ4v) is 4.35. The number of carbonyl (C=O) groups excluding carboxylic acids is 1. The predicted molar refractivity (Wildman–Crippen MR) is 136 cm³/mol. The number of carboxylic acid groups (broad SMARTS) is 2. The highest BCUT2D eigenvalue weighted by Crippen LogP contribution is 2.42. The van der Waals surface area contributed by atoms with Crippen molar-refractivity contribution in [2.45, 2.75) is 13.0 Å². The van der Waals surface area contributed by atoms with E-state index < -0.39 is 12.2 Å². The summed E-state index contributed by atoms with van der Waals surface area (Å²) in [5.74, 6) is 0.495. The Labute approximate surface area is 212 Å². The van der Waals surface area contributed by atoms with Crippen LogP contribution in [0.3, 0.4) is 0 Å². The van der Waals surface area contributed by atoms with E-state index in [0.717, 1.165) is 11.3 Å². The molecular formula is C26H24ClN3O6. The Morgan fingerprint density at radius 2 is 1.56 bits per heavy atom. The highest BCUT2D eigenvalue weighted by atomic mass is 35.5. The van der Waals surface area contributed by atoms with Gasteiger partial charge in [0.2, 0.25) is 0 Å². The first-order chi connectivity index (χ1) is 17.3. The number of fused-ring (bicyclic) bond motifs is 2. The van der Waals surface area contributed by atoms with Crippen molar-refractivity contribution in [3.8, 4) is 5.75 Å². The van der Waals surface area contributed by atoms with Gasteiger partial charge < -0.3 is 24.7 Å². The summed E-state index contributed by atoms with van der Waals surface area (Å²) in [6.07, 6.45) is -2.88. The summed E-state index contributed by atoms with van der Waals surface area (Å²) in [5, 5.41) is 18.8. The second-order valence-corrected chi connectivity index (χ2v) is 8.55. The van der Waals surface area contributed by atoms with Crippen molar-refractivity contribution in [3.05, 3.63) is 82.9 Å². The minimum atomic E-state index is -1.54. The second kappa shape index (κ2) is 10.6. The van der Waals surface area contributed by atoms with Gasteiger partial charge in [-0.2, -0.15) is 0 Å². The molecule has 0 saturated carbocycles. The third-order valence-electron chi connectivity index (χ3n) is 5.91. The molecule has 3 aromatic carbocycles. The van der Waals surface area contributed by atoms with E-state index in [1.54, 1.807) is 30.2 Å². The minimum Gasteiger partial charge on any atom is -0.497 e. The topological polar surface area (TPSA) is 111 Å². The highest BCUT2D eigenvalue weighted by Gasteiger charge is 2.31. The van der Waals surface area contributed by atoms with E-state index in [1.807, 2.05) is 53.4 Å². The van der Waals surface area contributed by atoms with Crippen molar-refractivity contribution < 1.29 is 29.3 Å². The maximum Gasteiger partial charge on any atom is 0.416 e. The van der Waals surface area contributed by atoms with Gasteiger partial charge in [-0.1, -0.05) is 35.9 Å². The van der Waals surface area contributed by atoms with E-state index in [-0.39, 0.29) is 25.4 Å². The second-order valence-electron chi connectivity index (χ2n) is 8.11. The van der Waals surface area contributed by atoms with Gasteiger partial charge in [-0.15, -0.1) is 0 Å². The molecule has 3 aromatic rings. The molecule has 0 unspecified atom stereocenters. The zero-order chi connectivity index (χ0) is 25.8. The fraction of sp³-hybridized carbons (Fsp3) is 0.192. The number of hydrogen-bond acceptors (Lipinski definition) is 5. The molecule has 1 aliphatic heterocycles. The number of anilines is 3. The zero-order valence-electron chi connectivity index (χ0n) is 19.4. The smallest absolute Gasteiger partial charge is 0.416 e. The standard InChI is InChI=1S/C26H24ClN3O6/c1-36-19-10-7-17(8-11-19)16-30-22-6-3-2-5-21(22)28(13-4-14-29(25(32)33)26(34)35)23-15-18(27)9-12-20(23)24(30)31/h2-3,5-12,15H,4,13-14,16H2,1H3,(H,32,33)(H,34,35). The summed E-state index contributed by atoms with van der Waals surface area (Å²) in [6.45, 7) is 0.343. The van der Waals surface area contributed by atoms with E-state index in [1.165, 1.54) is 0 Å².